The quantitative estimate of drug-likeness (QED) is 0.564. The highest BCUT2D eigenvalue weighted by Gasteiger charge is 2.32. The van der Waals surface area contributed by atoms with Gasteiger partial charge in [0.05, 0.1) is 12.0 Å². The molecule has 2 aromatic carbocycles. The Morgan fingerprint density at radius 1 is 0.792 bits per heavy atom. The Hall–Kier alpha value is -2.24. The number of fused-ring (bicyclic) bond motifs is 1. The molecule has 0 saturated carbocycles. The van der Waals surface area contributed by atoms with E-state index in [-0.39, 0.29) is 5.57 Å². The molecule has 0 aliphatic heterocycles. The predicted molar refractivity (Wildman–Crippen MR) is 78.9 cm³/mol. The van der Waals surface area contributed by atoms with E-state index in [2.05, 4.69) is 0 Å². The number of halogens is 6. The van der Waals surface area contributed by atoms with E-state index >= 15 is 0 Å². The van der Waals surface area contributed by atoms with Crippen LogP contribution in [0, 0.1) is 6.42 Å². The summed E-state index contributed by atoms with van der Waals surface area (Å²) in [5.74, 6) is 0. The first-order valence-electron chi connectivity index (χ1n) is 7.06. The van der Waals surface area contributed by atoms with Gasteiger partial charge in [-0.25, -0.2) is 0 Å². The van der Waals surface area contributed by atoms with E-state index < -0.39 is 24.3 Å². The lowest BCUT2D eigenvalue weighted by molar-refractivity contribution is -0.137. The normalized spacial score (nSPS) is 14.5. The first-order chi connectivity index (χ1) is 11.1. The van der Waals surface area contributed by atoms with Crippen LogP contribution in [0.5, 0.6) is 0 Å². The van der Waals surface area contributed by atoms with Gasteiger partial charge in [-0.05, 0) is 34.4 Å². The summed E-state index contributed by atoms with van der Waals surface area (Å²) in [5, 5.41) is 0. The van der Waals surface area contributed by atoms with Gasteiger partial charge >= 0.3 is 12.4 Å². The SMILES string of the molecule is FC(F)(F)CC1=Cc2c(cccc2-c2ccc(C(F)(F)F)cc2)[CH]1. The molecule has 6 heteroatoms. The molecule has 2 aromatic rings. The van der Waals surface area contributed by atoms with Crippen LogP contribution in [-0.4, -0.2) is 6.18 Å². The van der Waals surface area contributed by atoms with Gasteiger partial charge in [0.1, 0.15) is 0 Å². The van der Waals surface area contributed by atoms with E-state index in [4.69, 9.17) is 0 Å². The van der Waals surface area contributed by atoms with Crippen molar-refractivity contribution < 1.29 is 26.3 Å². The maximum absolute atomic E-state index is 12.6. The predicted octanol–water partition coefficient (Wildman–Crippen LogP) is 6.27. The summed E-state index contributed by atoms with van der Waals surface area (Å²) in [6, 6.07) is 9.63. The van der Waals surface area contributed by atoms with Gasteiger partial charge in [-0.3, -0.25) is 0 Å². The molecule has 0 unspecified atom stereocenters. The van der Waals surface area contributed by atoms with Crippen LogP contribution >= 0.6 is 0 Å². The Balaban J connectivity index is 1.96. The molecule has 1 aliphatic rings. The standard InChI is InChI=1S/C18H11F6/c19-17(20,21)10-11-8-13-2-1-3-15(16(13)9-11)12-4-6-14(7-5-12)18(22,23)24/h1-9H,10H2. The molecule has 0 amide bonds. The summed E-state index contributed by atoms with van der Waals surface area (Å²) in [4.78, 5) is 0. The Kier molecular flexibility index (Phi) is 3.94. The third-order valence-corrected chi connectivity index (χ3v) is 3.74. The molecule has 125 valence electrons. The Bertz CT molecular complexity index is 779. The van der Waals surface area contributed by atoms with Crippen molar-refractivity contribution in [2.45, 2.75) is 18.8 Å². The van der Waals surface area contributed by atoms with E-state index in [0.29, 0.717) is 22.3 Å². The van der Waals surface area contributed by atoms with Crippen LogP contribution in [0.15, 0.2) is 48.0 Å². The third kappa shape index (κ3) is 3.47. The molecule has 0 saturated heterocycles. The second-order valence-corrected chi connectivity index (χ2v) is 5.54. The number of hydrogen-bond donors (Lipinski definition) is 0. The van der Waals surface area contributed by atoms with Crippen LogP contribution in [0.4, 0.5) is 26.3 Å². The molecular weight excluding hydrogens is 330 g/mol. The molecule has 0 fully saturated rings. The molecule has 24 heavy (non-hydrogen) atoms. The molecule has 0 N–H and O–H groups in total. The first kappa shape index (κ1) is 16.6. The molecule has 0 nitrogen and oxygen atoms in total. The van der Waals surface area contributed by atoms with Crippen molar-refractivity contribution in [3.8, 4) is 11.1 Å². The van der Waals surface area contributed by atoms with Crippen molar-refractivity contribution >= 4 is 6.08 Å². The molecule has 0 bridgehead atoms. The highest BCUT2D eigenvalue weighted by Crippen LogP contribution is 2.39. The van der Waals surface area contributed by atoms with E-state index in [9.17, 15) is 26.3 Å². The fourth-order valence-corrected chi connectivity index (χ4v) is 2.72. The lowest BCUT2D eigenvalue weighted by Crippen LogP contribution is -2.07. The van der Waals surface area contributed by atoms with Crippen LogP contribution < -0.4 is 0 Å². The topological polar surface area (TPSA) is 0 Å². The minimum absolute atomic E-state index is 0.136. The average Bonchev–Trinajstić information content (AvgIpc) is 2.86. The summed E-state index contributed by atoms with van der Waals surface area (Å²) >= 11 is 0. The van der Waals surface area contributed by atoms with Crippen molar-refractivity contribution in [1.29, 1.82) is 0 Å². The molecule has 1 aliphatic carbocycles. The van der Waals surface area contributed by atoms with E-state index in [1.807, 2.05) is 0 Å². The van der Waals surface area contributed by atoms with Crippen LogP contribution in [0.3, 0.4) is 0 Å². The van der Waals surface area contributed by atoms with Crippen molar-refractivity contribution in [3.63, 3.8) is 0 Å². The van der Waals surface area contributed by atoms with E-state index in [0.717, 1.165) is 12.1 Å². The van der Waals surface area contributed by atoms with Crippen molar-refractivity contribution in [2.24, 2.45) is 0 Å². The van der Waals surface area contributed by atoms with E-state index in [1.54, 1.807) is 18.2 Å². The zero-order valence-electron chi connectivity index (χ0n) is 12.2. The lowest BCUT2D eigenvalue weighted by atomic mass is 9.96. The van der Waals surface area contributed by atoms with Crippen LogP contribution in [-0.2, 0) is 6.18 Å². The Labute approximate surface area is 134 Å². The Morgan fingerprint density at radius 2 is 1.46 bits per heavy atom. The Morgan fingerprint density at radius 3 is 2.04 bits per heavy atom. The maximum atomic E-state index is 12.6. The highest BCUT2D eigenvalue weighted by atomic mass is 19.4. The van der Waals surface area contributed by atoms with Gasteiger partial charge in [-0.1, -0.05) is 42.0 Å². The van der Waals surface area contributed by atoms with Gasteiger partial charge < -0.3 is 0 Å². The number of allylic oxidation sites excluding steroid dienone is 1. The second kappa shape index (κ2) is 5.69. The number of benzene rings is 2. The summed E-state index contributed by atoms with van der Waals surface area (Å²) in [7, 11) is 0. The minimum Gasteiger partial charge on any atom is -0.171 e. The number of rotatable bonds is 2. The fraction of sp³-hybridized carbons (Fsp3) is 0.167. The number of hydrogen-bond acceptors (Lipinski definition) is 0. The van der Waals surface area contributed by atoms with Crippen molar-refractivity contribution in [2.75, 3.05) is 0 Å². The van der Waals surface area contributed by atoms with Gasteiger partial charge in [-0.2, -0.15) is 26.3 Å². The minimum atomic E-state index is -4.43. The monoisotopic (exact) mass is 341 g/mol. The highest BCUT2D eigenvalue weighted by molar-refractivity contribution is 5.83. The molecular formula is C18H11F6. The molecule has 0 spiro atoms. The van der Waals surface area contributed by atoms with Crippen molar-refractivity contribution in [1.82, 2.24) is 0 Å². The summed E-state index contributed by atoms with van der Waals surface area (Å²) in [6.45, 7) is 0. The smallest absolute Gasteiger partial charge is 0.171 e. The summed E-state index contributed by atoms with van der Waals surface area (Å²) < 4.78 is 75.5. The van der Waals surface area contributed by atoms with Gasteiger partial charge in [0.25, 0.3) is 0 Å². The second-order valence-electron chi connectivity index (χ2n) is 5.54. The van der Waals surface area contributed by atoms with Crippen LogP contribution in [0.2, 0.25) is 0 Å². The zero-order valence-corrected chi connectivity index (χ0v) is 12.2. The molecule has 3 rings (SSSR count). The number of alkyl halides is 6. The summed E-state index contributed by atoms with van der Waals surface area (Å²) in [5.41, 5.74) is 1.73. The van der Waals surface area contributed by atoms with Crippen LogP contribution in [0.1, 0.15) is 23.1 Å². The third-order valence-electron chi connectivity index (χ3n) is 3.74. The lowest BCUT2D eigenvalue weighted by Gasteiger charge is -2.10. The van der Waals surface area contributed by atoms with Crippen molar-refractivity contribution in [3.05, 3.63) is 71.1 Å². The largest absolute Gasteiger partial charge is 0.416 e. The summed E-state index contributed by atoms with van der Waals surface area (Å²) in [6.07, 6.45) is -6.87. The van der Waals surface area contributed by atoms with Gasteiger partial charge in [0.2, 0.25) is 0 Å². The van der Waals surface area contributed by atoms with Gasteiger partial charge in [-0.15, -0.1) is 0 Å². The molecule has 0 aromatic heterocycles. The van der Waals surface area contributed by atoms with Gasteiger partial charge in [0, 0.05) is 6.42 Å². The molecule has 0 heterocycles. The van der Waals surface area contributed by atoms with Crippen LogP contribution in [0.25, 0.3) is 17.2 Å². The fourth-order valence-electron chi connectivity index (χ4n) is 2.72. The first-order valence-corrected chi connectivity index (χ1v) is 7.06. The molecule has 1 radical (unpaired) electrons. The zero-order chi connectivity index (χ0) is 17.5. The average molecular weight is 341 g/mol. The maximum Gasteiger partial charge on any atom is 0.416 e. The van der Waals surface area contributed by atoms with Gasteiger partial charge in [0.15, 0.2) is 0 Å². The van der Waals surface area contributed by atoms with E-state index in [1.165, 1.54) is 24.6 Å². The molecule has 0 atom stereocenters.